The van der Waals surface area contributed by atoms with Gasteiger partial charge in [-0.05, 0) is 17.7 Å². The Morgan fingerprint density at radius 2 is 1.83 bits per heavy atom. The van der Waals surface area contributed by atoms with Crippen LogP contribution in [-0.2, 0) is 6.42 Å². The summed E-state index contributed by atoms with van der Waals surface area (Å²) in [5.41, 5.74) is 3.97. The molecule has 3 nitrogen and oxygen atoms in total. The van der Waals surface area contributed by atoms with E-state index < -0.39 is 0 Å². The summed E-state index contributed by atoms with van der Waals surface area (Å²) in [7, 11) is 0. The van der Waals surface area contributed by atoms with Crippen LogP contribution in [0, 0.1) is 0 Å². The standard InChI is InChI=1S/C15H10N2O/c18-12-7-3-6-11-14(12)15-10-5-2-1-4-9(10)8-13(16-11)17-15/h1-7,18H,8H2. The SMILES string of the molecule is Oc1cccc2nc3nc(c12)-c1ccccc1C3. The fourth-order valence-corrected chi connectivity index (χ4v) is 2.56. The van der Waals surface area contributed by atoms with Gasteiger partial charge in [-0.25, -0.2) is 9.97 Å². The minimum absolute atomic E-state index is 0.241. The van der Waals surface area contributed by atoms with E-state index in [2.05, 4.69) is 16.0 Å². The van der Waals surface area contributed by atoms with Crippen molar-refractivity contribution in [3.63, 3.8) is 0 Å². The molecule has 1 aliphatic rings. The molecule has 3 aromatic rings. The van der Waals surface area contributed by atoms with Crippen molar-refractivity contribution < 1.29 is 5.11 Å². The Morgan fingerprint density at radius 1 is 0.944 bits per heavy atom. The average Bonchev–Trinajstić information content (AvgIpc) is 2.38. The van der Waals surface area contributed by atoms with Gasteiger partial charge < -0.3 is 5.11 Å². The maximum Gasteiger partial charge on any atom is 0.134 e. The second kappa shape index (κ2) is 3.29. The highest BCUT2D eigenvalue weighted by atomic mass is 16.3. The molecule has 4 rings (SSSR count). The second-order valence-electron chi connectivity index (χ2n) is 4.49. The number of fused-ring (bicyclic) bond motifs is 6. The van der Waals surface area contributed by atoms with Gasteiger partial charge in [0.15, 0.2) is 0 Å². The number of benzene rings is 2. The minimum atomic E-state index is 0.241. The molecule has 1 aromatic heterocycles. The van der Waals surface area contributed by atoms with Crippen LogP contribution < -0.4 is 0 Å². The van der Waals surface area contributed by atoms with Gasteiger partial charge >= 0.3 is 0 Å². The molecule has 1 N–H and O–H groups in total. The zero-order valence-electron chi connectivity index (χ0n) is 9.59. The summed E-state index contributed by atoms with van der Waals surface area (Å²) < 4.78 is 0. The van der Waals surface area contributed by atoms with Crippen LogP contribution in [0.1, 0.15) is 11.4 Å². The van der Waals surface area contributed by atoms with E-state index in [1.165, 1.54) is 5.56 Å². The molecule has 2 bridgehead atoms. The zero-order chi connectivity index (χ0) is 12.1. The molecule has 3 heteroatoms. The number of hydrogen-bond acceptors (Lipinski definition) is 3. The average molecular weight is 234 g/mol. The molecule has 0 saturated heterocycles. The molecule has 0 saturated carbocycles. The van der Waals surface area contributed by atoms with Gasteiger partial charge in [0, 0.05) is 12.0 Å². The molecular formula is C15H10N2O. The minimum Gasteiger partial charge on any atom is -0.507 e. The third kappa shape index (κ3) is 1.19. The fraction of sp³-hybridized carbons (Fsp3) is 0.0667. The number of nitrogens with zero attached hydrogens (tertiary/aromatic N) is 2. The molecule has 86 valence electrons. The highest BCUT2D eigenvalue weighted by Crippen LogP contribution is 2.37. The van der Waals surface area contributed by atoms with Crippen LogP contribution in [0.5, 0.6) is 5.75 Å². The summed E-state index contributed by atoms with van der Waals surface area (Å²) in [6.07, 6.45) is 0.759. The van der Waals surface area contributed by atoms with Crippen LogP contribution in [0.2, 0.25) is 0 Å². The Kier molecular flexibility index (Phi) is 1.75. The maximum absolute atomic E-state index is 10.0. The van der Waals surface area contributed by atoms with Gasteiger partial charge in [-0.3, -0.25) is 0 Å². The van der Waals surface area contributed by atoms with Crippen molar-refractivity contribution in [3.8, 4) is 17.0 Å². The van der Waals surface area contributed by atoms with E-state index in [9.17, 15) is 5.11 Å². The summed E-state index contributed by atoms with van der Waals surface area (Å²) >= 11 is 0. The van der Waals surface area contributed by atoms with Crippen LogP contribution >= 0.6 is 0 Å². The van der Waals surface area contributed by atoms with Crippen molar-refractivity contribution >= 4 is 10.9 Å². The highest BCUT2D eigenvalue weighted by molar-refractivity contribution is 5.98. The molecule has 0 aliphatic carbocycles. The molecular weight excluding hydrogens is 224 g/mol. The molecule has 2 heterocycles. The van der Waals surface area contributed by atoms with E-state index in [0.717, 1.165) is 34.4 Å². The third-order valence-electron chi connectivity index (χ3n) is 3.37. The Bertz CT molecular complexity index is 781. The van der Waals surface area contributed by atoms with Crippen molar-refractivity contribution in [1.82, 2.24) is 9.97 Å². The smallest absolute Gasteiger partial charge is 0.134 e. The molecule has 1 aliphatic heterocycles. The molecule has 0 spiro atoms. The van der Waals surface area contributed by atoms with Gasteiger partial charge in [0.2, 0.25) is 0 Å². The quantitative estimate of drug-likeness (QED) is 0.509. The third-order valence-corrected chi connectivity index (χ3v) is 3.37. The molecule has 2 aromatic carbocycles. The van der Waals surface area contributed by atoms with Crippen LogP contribution in [0.25, 0.3) is 22.2 Å². The Balaban J connectivity index is 2.20. The topological polar surface area (TPSA) is 46.0 Å². The fourth-order valence-electron chi connectivity index (χ4n) is 2.56. The van der Waals surface area contributed by atoms with Gasteiger partial charge in [-0.2, -0.15) is 0 Å². The zero-order valence-corrected chi connectivity index (χ0v) is 9.59. The van der Waals surface area contributed by atoms with Crippen LogP contribution in [0.4, 0.5) is 0 Å². The molecule has 0 atom stereocenters. The molecule has 0 radical (unpaired) electrons. The van der Waals surface area contributed by atoms with Crippen molar-refractivity contribution in [2.75, 3.05) is 0 Å². The van der Waals surface area contributed by atoms with Gasteiger partial charge in [-0.1, -0.05) is 30.3 Å². The Labute approximate surface area is 104 Å². The number of rotatable bonds is 0. The number of phenols is 1. The second-order valence-corrected chi connectivity index (χ2v) is 4.49. The lowest BCUT2D eigenvalue weighted by molar-refractivity contribution is 0.481. The van der Waals surface area contributed by atoms with Crippen molar-refractivity contribution in [2.24, 2.45) is 0 Å². The Hall–Kier alpha value is -2.42. The molecule has 18 heavy (non-hydrogen) atoms. The van der Waals surface area contributed by atoms with Crippen LogP contribution in [0.15, 0.2) is 42.5 Å². The molecule has 0 fully saturated rings. The predicted octanol–water partition coefficient (Wildman–Crippen LogP) is 2.91. The van der Waals surface area contributed by atoms with E-state index in [4.69, 9.17) is 0 Å². The first-order chi connectivity index (χ1) is 8.83. The Morgan fingerprint density at radius 3 is 2.78 bits per heavy atom. The summed E-state index contributed by atoms with van der Waals surface area (Å²) in [5.74, 6) is 1.06. The van der Waals surface area contributed by atoms with E-state index in [1.54, 1.807) is 6.07 Å². The van der Waals surface area contributed by atoms with Gasteiger partial charge in [-0.15, -0.1) is 0 Å². The van der Waals surface area contributed by atoms with E-state index in [0.29, 0.717) is 0 Å². The van der Waals surface area contributed by atoms with Crippen molar-refractivity contribution in [2.45, 2.75) is 6.42 Å². The summed E-state index contributed by atoms with van der Waals surface area (Å²) in [6.45, 7) is 0. The summed E-state index contributed by atoms with van der Waals surface area (Å²) in [4.78, 5) is 9.03. The first kappa shape index (κ1) is 9.59. The lowest BCUT2D eigenvalue weighted by atomic mass is 9.95. The van der Waals surface area contributed by atoms with E-state index >= 15 is 0 Å². The van der Waals surface area contributed by atoms with Gasteiger partial charge in [0.1, 0.15) is 11.6 Å². The normalized spacial score (nSPS) is 12.4. The number of phenolic OH excluding ortho intramolecular Hbond substituents is 1. The van der Waals surface area contributed by atoms with Crippen LogP contribution in [0.3, 0.4) is 0 Å². The van der Waals surface area contributed by atoms with Gasteiger partial charge in [0.05, 0.1) is 16.6 Å². The molecule has 0 unspecified atom stereocenters. The summed E-state index contributed by atoms with van der Waals surface area (Å²) in [5, 5.41) is 10.8. The van der Waals surface area contributed by atoms with Crippen LogP contribution in [-0.4, -0.2) is 15.1 Å². The maximum atomic E-state index is 10.0. The first-order valence-corrected chi connectivity index (χ1v) is 5.90. The lowest BCUT2D eigenvalue weighted by Gasteiger charge is -2.17. The first-order valence-electron chi connectivity index (χ1n) is 5.90. The van der Waals surface area contributed by atoms with Gasteiger partial charge in [0.25, 0.3) is 0 Å². The predicted molar refractivity (Wildman–Crippen MR) is 69.4 cm³/mol. The largest absolute Gasteiger partial charge is 0.507 e. The number of hydrogen-bond donors (Lipinski definition) is 1. The van der Waals surface area contributed by atoms with Crippen molar-refractivity contribution in [1.29, 1.82) is 0 Å². The van der Waals surface area contributed by atoms with E-state index in [-0.39, 0.29) is 5.75 Å². The number of aromatic nitrogens is 2. The van der Waals surface area contributed by atoms with E-state index in [1.807, 2.05) is 30.3 Å². The van der Waals surface area contributed by atoms with Crippen molar-refractivity contribution in [3.05, 3.63) is 53.9 Å². The number of aromatic hydroxyl groups is 1. The lowest BCUT2D eigenvalue weighted by Crippen LogP contribution is -2.07. The molecule has 0 amide bonds. The highest BCUT2D eigenvalue weighted by Gasteiger charge is 2.20. The monoisotopic (exact) mass is 234 g/mol. The summed E-state index contributed by atoms with van der Waals surface area (Å²) in [6, 6.07) is 13.6.